The third-order valence-corrected chi connectivity index (χ3v) is 12.9. The maximum Gasteiger partial charge on any atom is 0.306 e. The second kappa shape index (κ2) is 62.4. The second-order valence-electron chi connectivity index (χ2n) is 20.2. The molecule has 0 aliphatic rings. The summed E-state index contributed by atoms with van der Waals surface area (Å²) in [6.45, 7) is 6.34. The van der Waals surface area contributed by atoms with Crippen molar-refractivity contribution in [2.24, 2.45) is 0 Å². The first-order valence-corrected chi connectivity index (χ1v) is 31.0. The molecule has 0 saturated heterocycles. The summed E-state index contributed by atoms with van der Waals surface area (Å²) in [6.07, 6.45) is 86.5. The van der Waals surface area contributed by atoms with Gasteiger partial charge in [0.15, 0.2) is 6.10 Å². The molecule has 0 aromatic heterocycles. The van der Waals surface area contributed by atoms with Gasteiger partial charge in [-0.1, -0.05) is 264 Å². The second-order valence-corrected chi connectivity index (χ2v) is 20.2. The summed E-state index contributed by atoms with van der Waals surface area (Å²) < 4.78 is 16.8. The van der Waals surface area contributed by atoms with Gasteiger partial charge in [-0.3, -0.25) is 14.4 Å². The van der Waals surface area contributed by atoms with Crippen LogP contribution >= 0.6 is 0 Å². The van der Waals surface area contributed by atoms with E-state index < -0.39 is 6.10 Å². The average molecular weight is 1040 g/mol. The Labute approximate surface area is 462 Å². The molecule has 0 aromatic carbocycles. The number of hydrogen-bond acceptors (Lipinski definition) is 6. The third-order valence-electron chi connectivity index (χ3n) is 12.9. The lowest BCUT2D eigenvalue weighted by Crippen LogP contribution is -2.30. The molecule has 0 saturated carbocycles. The van der Waals surface area contributed by atoms with Crippen molar-refractivity contribution in [1.29, 1.82) is 0 Å². The van der Waals surface area contributed by atoms with Crippen LogP contribution in [0, 0.1) is 0 Å². The third kappa shape index (κ3) is 60.6. The van der Waals surface area contributed by atoms with E-state index in [1.54, 1.807) is 0 Å². The lowest BCUT2D eigenvalue weighted by Gasteiger charge is -2.18. The first-order chi connectivity index (χ1) is 37.0. The number of carbonyl (C=O) groups is 3. The minimum absolute atomic E-state index is 0.107. The van der Waals surface area contributed by atoms with Crippen LogP contribution in [0.2, 0.25) is 0 Å². The molecule has 426 valence electrons. The van der Waals surface area contributed by atoms with Crippen molar-refractivity contribution in [1.82, 2.24) is 0 Å². The summed E-state index contributed by atoms with van der Waals surface area (Å²) in [5.41, 5.74) is 0. The smallest absolute Gasteiger partial charge is 0.306 e. The molecular weight excluding hydrogens is 925 g/mol. The summed E-state index contributed by atoms with van der Waals surface area (Å²) >= 11 is 0. The van der Waals surface area contributed by atoms with Crippen molar-refractivity contribution in [2.75, 3.05) is 13.2 Å². The van der Waals surface area contributed by atoms with Gasteiger partial charge in [0.2, 0.25) is 0 Å². The molecule has 1 unspecified atom stereocenters. The number of unbranched alkanes of at least 4 members (excludes halogenated alkanes) is 24. The molecule has 6 heteroatoms. The Balaban J connectivity index is 4.34. The molecule has 0 N–H and O–H groups in total. The molecule has 0 heterocycles. The van der Waals surface area contributed by atoms with Crippen molar-refractivity contribution >= 4 is 17.9 Å². The van der Waals surface area contributed by atoms with E-state index in [0.717, 1.165) is 103 Å². The van der Waals surface area contributed by atoms with Crippen LogP contribution in [0.15, 0.2) is 122 Å². The largest absolute Gasteiger partial charge is 0.462 e. The Bertz CT molecular complexity index is 1570. The predicted octanol–water partition coefficient (Wildman–Crippen LogP) is 21.2. The summed E-state index contributed by atoms with van der Waals surface area (Å²) in [5, 5.41) is 0. The Hall–Kier alpha value is -4.19. The number of carbonyl (C=O) groups excluding carboxylic acids is 3. The number of rotatable bonds is 55. The summed E-state index contributed by atoms with van der Waals surface area (Å²) in [7, 11) is 0. The highest BCUT2D eigenvalue weighted by Crippen LogP contribution is 2.15. The monoisotopic (exact) mass is 1040 g/mol. The maximum atomic E-state index is 12.9. The molecule has 0 rings (SSSR count). The van der Waals surface area contributed by atoms with Crippen LogP contribution in [0.25, 0.3) is 0 Å². The van der Waals surface area contributed by atoms with Crippen LogP contribution in [-0.2, 0) is 28.6 Å². The van der Waals surface area contributed by atoms with Gasteiger partial charge in [-0.25, -0.2) is 0 Å². The number of allylic oxidation sites excluding steroid dienone is 20. The molecule has 0 aliphatic carbocycles. The molecule has 0 radical (unpaired) electrons. The topological polar surface area (TPSA) is 78.9 Å². The quantitative estimate of drug-likeness (QED) is 0.0261. The zero-order valence-corrected chi connectivity index (χ0v) is 48.8. The fraction of sp³-hybridized carbons (Fsp3) is 0.667. The van der Waals surface area contributed by atoms with E-state index >= 15 is 0 Å². The molecule has 0 spiro atoms. The lowest BCUT2D eigenvalue weighted by molar-refractivity contribution is -0.166. The van der Waals surface area contributed by atoms with Crippen molar-refractivity contribution in [3.05, 3.63) is 122 Å². The van der Waals surface area contributed by atoms with Gasteiger partial charge in [0, 0.05) is 19.3 Å². The highest BCUT2D eigenvalue weighted by Gasteiger charge is 2.19. The van der Waals surface area contributed by atoms with E-state index in [9.17, 15) is 14.4 Å². The zero-order valence-electron chi connectivity index (χ0n) is 48.8. The van der Waals surface area contributed by atoms with E-state index in [-0.39, 0.29) is 37.5 Å². The molecule has 75 heavy (non-hydrogen) atoms. The molecular formula is C69H114O6. The number of hydrogen-bond donors (Lipinski definition) is 0. The molecule has 0 aromatic rings. The van der Waals surface area contributed by atoms with Gasteiger partial charge in [0.1, 0.15) is 13.2 Å². The van der Waals surface area contributed by atoms with Gasteiger partial charge in [0.05, 0.1) is 0 Å². The van der Waals surface area contributed by atoms with E-state index in [4.69, 9.17) is 14.2 Å². The van der Waals surface area contributed by atoms with E-state index in [0.29, 0.717) is 19.3 Å². The first-order valence-electron chi connectivity index (χ1n) is 31.0. The van der Waals surface area contributed by atoms with Crippen LogP contribution in [0.4, 0.5) is 0 Å². The summed E-state index contributed by atoms with van der Waals surface area (Å²) in [4.78, 5) is 38.2. The van der Waals surface area contributed by atoms with Crippen LogP contribution in [0.3, 0.4) is 0 Å². The van der Waals surface area contributed by atoms with Crippen LogP contribution < -0.4 is 0 Å². The SMILES string of the molecule is CC/C=C\C/C=C\C/C=C\C/C=C\CCC(=O)OCC(COC(=O)CCCCCCCCCCCCCC/C=C\C/C=C\C/C=C\CCCCCCC)OC(=O)CCCCCCCCC/C=C\C/C=C\C/C=C\CC. The Morgan fingerprint density at radius 3 is 0.893 bits per heavy atom. The zero-order chi connectivity index (χ0) is 54.3. The lowest BCUT2D eigenvalue weighted by atomic mass is 10.0. The molecule has 1 atom stereocenters. The van der Waals surface area contributed by atoms with Crippen molar-refractivity contribution in [3.63, 3.8) is 0 Å². The standard InChI is InChI=1S/C69H114O6/c1-4-7-10-13-16-19-22-25-27-29-30-31-32-33-34-35-36-37-38-40-41-44-47-50-53-56-59-62-68(71)74-65-66(64-73-67(70)61-58-55-52-49-46-43-24-21-18-15-12-9-6-3)75-69(72)63-60-57-54-51-48-45-42-39-28-26-23-20-17-14-11-8-5-2/h8-9,11-12,17-18,20-22,25-26,28-30,32-33,43,46,52,55,66H,4-7,10,13-16,19,23-24,27,31,34-42,44-45,47-51,53-54,56-65H2,1-3H3/b11-8-,12-9-,20-17-,21-18-,25-22-,28-26-,30-29-,33-32-,46-43-,55-52-. The normalized spacial score (nSPS) is 12.9. The molecule has 0 amide bonds. The average Bonchev–Trinajstić information content (AvgIpc) is 3.41. The highest BCUT2D eigenvalue weighted by atomic mass is 16.6. The molecule has 6 nitrogen and oxygen atoms in total. The molecule has 0 aliphatic heterocycles. The first kappa shape index (κ1) is 70.8. The van der Waals surface area contributed by atoms with Crippen molar-refractivity contribution in [3.8, 4) is 0 Å². The van der Waals surface area contributed by atoms with Crippen molar-refractivity contribution < 1.29 is 28.6 Å². The van der Waals surface area contributed by atoms with E-state index in [1.165, 1.54) is 128 Å². The fourth-order valence-corrected chi connectivity index (χ4v) is 8.36. The van der Waals surface area contributed by atoms with Crippen LogP contribution in [0.5, 0.6) is 0 Å². The highest BCUT2D eigenvalue weighted by molar-refractivity contribution is 5.71. The Morgan fingerprint density at radius 1 is 0.280 bits per heavy atom. The van der Waals surface area contributed by atoms with Gasteiger partial charge in [-0.2, -0.15) is 0 Å². The predicted molar refractivity (Wildman–Crippen MR) is 325 cm³/mol. The Morgan fingerprint density at radius 2 is 0.547 bits per heavy atom. The van der Waals surface area contributed by atoms with Crippen LogP contribution in [0.1, 0.15) is 278 Å². The van der Waals surface area contributed by atoms with Gasteiger partial charge < -0.3 is 14.2 Å². The number of esters is 3. The van der Waals surface area contributed by atoms with E-state index in [2.05, 4.69) is 136 Å². The van der Waals surface area contributed by atoms with Gasteiger partial charge in [-0.15, -0.1) is 0 Å². The Kier molecular flexibility index (Phi) is 58.9. The summed E-state index contributed by atoms with van der Waals surface area (Å²) in [5.74, 6) is -1.00. The molecule has 0 bridgehead atoms. The van der Waals surface area contributed by atoms with Crippen molar-refractivity contribution in [2.45, 2.75) is 284 Å². The molecule has 0 fully saturated rings. The van der Waals surface area contributed by atoms with Crippen LogP contribution in [-0.4, -0.2) is 37.2 Å². The fourth-order valence-electron chi connectivity index (χ4n) is 8.36. The van der Waals surface area contributed by atoms with Gasteiger partial charge >= 0.3 is 17.9 Å². The minimum atomic E-state index is -0.817. The summed E-state index contributed by atoms with van der Waals surface area (Å²) in [6, 6.07) is 0. The number of ether oxygens (including phenoxy) is 3. The van der Waals surface area contributed by atoms with E-state index in [1.807, 2.05) is 6.08 Å². The minimum Gasteiger partial charge on any atom is -0.462 e. The van der Waals surface area contributed by atoms with Gasteiger partial charge in [-0.05, 0) is 116 Å². The maximum absolute atomic E-state index is 12.9. The van der Waals surface area contributed by atoms with Gasteiger partial charge in [0.25, 0.3) is 0 Å².